The zero-order valence-electron chi connectivity index (χ0n) is 26.4. The highest BCUT2D eigenvalue weighted by atomic mass is 32.1. The van der Waals surface area contributed by atoms with Crippen LogP contribution in [0.15, 0.2) is 174 Å². The van der Waals surface area contributed by atoms with Crippen molar-refractivity contribution in [3.05, 3.63) is 170 Å². The van der Waals surface area contributed by atoms with E-state index >= 15 is 0 Å². The SMILES string of the molecule is c1ccc(-c2nc3ccc4ccc5cc(N(c6ccccc6)c6ccccc6-c6ccc7c(c6)sc6ccccc67)ccc5c4c3o2)cc1. The second-order valence-electron chi connectivity index (χ2n) is 12.4. The molecular formula is C45H28N2OS. The summed E-state index contributed by atoms with van der Waals surface area (Å²) >= 11 is 1.85. The quantitative estimate of drug-likeness (QED) is 0.175. The van der Waals surface area contributed by atoms with Crippen molar-refractivity contribution in [2.24, 2.45) is 0 Å². The van der Waals surface area contributed by atoms with E-state index in [1.807, 2.05) is 41.7 Å². The number of hydrogen-bond acceptors (Lipinski definition) is 4. The van der Waals surface area contributed by atoms with Gasteiger partial charge in [0, 0.05) is 48.1 Å². The first-order valence-electron chi connectivity index (χ1n) is 16.5. The first-order chi connectivity index (χ1) is 24.3. The van der Waals surface area contributed by atoms with Gasteiger partial charge < -0.3 is 9.32 Å². The lowest BCUT2D eigenvalue weighted by Gasteiger charge is -2.28. The van der Waals surface area contributed by atoms with E-state index in [2.05, 4.69) is 144 Å². The lowest BCUT2D eigenvalue weighted by Crippen LogP contribution is -2.11. The van der Waals surface area contributed by atoms with Gasteiger partial charge in [0.05, 0.1) is 5.69 Å². The van der Waals surface area contributed by atoms with Crippen LogP contribution in [0.2, 0.25) is 0 Å². The van der Waals surface area contributed by atoms with Gasteiger partial charge in [0.1, 0.15) is 5.52 Å². The summed E-state index contributed by atoms with van der Waals surface area (Å²) < 4.78 is 9.10. The van der Waals surface area contributed by atoms with E-state index in [1.54, 1.807) is 0 Å². The van der Waals surface area contributed by atoms with Crippen LogP contribution in [0.4, 0.5) is 17.1 Å². The van der Waals surface area contributed by atoms with Crippen molar-refractivity contribution >= 4 is 81.2 Å². The summed E-state index contributed by atoms with van der Waals surface area (Å²) in [7, 11) is 0. The number of nitrogens with zero attached hydrogens (tertiary/aromatic N) is 2. The Labute approximate surface area is 286 Å². The number of aromatic nitrogens is 1. The van der Waals surface area contributed by atoms with Gasteiger partial charge in [-0.25, -0.2) is 4.98 Å². The largest absolute Gasteiger partial charge is 0.435 e. The minimum Gasteiger partial charge on any atom is -0.435 e. The van der Waals surface area contributed by atoms with Crippen LogP contribution in [0, 0.1) is 0 Å². The number of para-hydroxylation sites is 2. The number of thiophene rings is 1. The Hall–Kier alpha value is -6.23. The molecule has 0 spiro atoms. The van der Waals surface area contributed by atoms with Crippen LogP contribution >= 0.6 is 11.3 Å². The van der Waals surface area contributed by atoms with E-state index in [4.69, 9.17) is 9.40 Å². The highest BCUT2D eigenvalue weighted by molar-refractivity contribution is 7.25. The molecule has 0 atom stereocenters. The second kappa shape index (κ2) is 11.2. The van der Waals surface area contributed by atoms with E-state index in [9.17, 15) is 0 Å². The number of rotatable bonds is 5. The van der Waals surface area contributed by atoms with Crippen molar-refractivity contribution in [3.63, 3.8) is 0 Å². The molecule has 0 saturated carbocycles. The van der Waals surface area contributed by atoms with Crippen LogP contribution in [-0.4, -0.2) is 4.98 Å². The molecule has 2 aromatic heterocycles. The van der Waals surface area contributed by atoms with Crippen LogP contribution in [0.1, 0.15) is 0 Å². The Morgan fingerprint density at radius 2 is 1.20 bits per heavy atom. The van der Waals surface area contributed by atoms with Crippen molar-refractivity contribution in [1.29, 1.82) is 0 Å². The zero-order valence-corrected chi connectivity index (χ0v) is 27.2. The van der Waals surface area contributed by atoms with Crippen molar-refractivity contribution in [3.8, 4) is 22.6 Å². The number of oxazole rings is 1. The normalized spacial score (nSPS) is 11.7. The van der Waals surface area contributed by atoms with Gasteiger partial charge in [-0.2, -0.15) is 0 Å². The topological polar surface area (TPSA) is 29.3 Å². The van der Waals surface area contributed by atoms with Crippen LogP contribution in [-0.2, 0) is 0 Å². The third kappa shape index (κ3) is 4.61. The Bertz CT molecular complexity index is 2840. The smallest absolute Gasteiger partial charge is 0.227 e. The van der Waals surface area contributed by atoms with Gasteiger partial charge in [-0.05, 0) is 82.4 Å². The highest BCUT2D eigenvalue weighted by Crippen LogP contribution is 2.44. The molecular weight excluding hydrogens is 617 g/mol. The summed E-state index contributed by atoms with van der Waals surface area (Å²) in [5, 5.41) is 7.11. The molecule has 10 rings (SSSR count). The first-order valence-corrected chi connectivity index (χ1v) is 17.3. The number of hydrogen-bond donors (Lipinski definition) is 0. The second-order valence-corrected chi connectivity index (χ2v) is 13.4. The maximum absolute atomic E-state index is 6.49. The zero-order chi connectivity index (χ0) is 32.3. The molecule has 4 heteroatoms. The lowest BCUT2D eigenvalue weighted by atomic mass is 9.98. The van der Waals surface area contributed by atoms with Gasteiger partial charge in [0.2, 0.25) is 5.89 Å². The summed E-state index contributed by atoms with van der Waals surface area (Å²) in [5.41, 5.74) is 8.34. The predicted octanol–water partition coefficient (Wildman–Crippen LogP) is 13.3. The van der Waals surface area contributed by atoms with E-state index in [-0.39, 0.29) is 0 Å². The van der Waals surface area contributed by atoms with Crippen molar-refractivity contribution in [2.75, 3.05) is 4.90 Å². The number of fused-ring (bicyclic) bond motifs is 8. The van der Waals surface area contributed by atoms with Gasteiger partial charge in [-0.15, -0.1) is 11.3 Å². The van der Waals surface area contributed by atoms with E-state index < -0.39 is 0 Å². The first kappa shape index (κ1) is 27.8. The molecule has 49 heavy (non-hydrogen) atoms. The Balaban J connectivity index is 1.15. The average Bonchev–Trinajstić information content (AvgIpc) is 3.77. The molecule has 0 bridgehead atoms. The van der Waals surface area contributed by atoms with Gasteiger partial charge >= 0.3 is 0 Å². The molecule has 0 aliphatic heterocycles. The fraction of sp³-hybridized carbons (Fsp3) is 0. The van der Waals surface area contributed by atoms with Crippen molar-refractivity contribution in [1.82, 2.24) is 4.98 Å². The van der Waals surface area contributed by atoms with E-state index in [1.165, 1.54) is 31.3 Å². The third-order valence-electron chi connectivity index (χ3n) is 9.46. The molecule has 0 aliphatic carbocycles. The van der Waals surface area contributed by atoms with Crippen molar-refractivity contribution in [2.45, 2.75) is 0 Å². The summed E-state index contributed by atoms with van der Waals surface area (Å²) in [6.07, 6.45) is 0. The Morgan fingerprint density at radius 1 is 0.490 bits per heavy atom. The maximum atomic E-state index is 6.49. The fourth-order valence-corrected chi connectivity index (χ4v) is 8.32. The molecule has 8 aromatic carbocycles. The maximum Gasteiger partial charge on any atom is 0.227 e. The predicted molar refractivity (Wildman–Crippen MR) is 207 cm³/mol. The van der Waals surface area contributed by atoms with Crippen LogP contribution in [0.25, 0.3) is 75.4 Å². The summed E-state index contributed by atoms with van der Waals surface area (Å²) in [6.45, 7) is 0. The average molecular weight is 645 g/mol. The Morgan fingerprint density at radius 3 is 2.10 bits per heavy atom. The number of benzene rings is 8. The monoisotopic (exact) mass is 644 g/mol. The Kier molecular flexibility index (Phi) is 6.36. The molecule has 10 aromatic rings. The number of anilines is 3. The van der Waals surface area contributed by atoms with Gasteiger partial charge in [-0.1, -0.05) is 109 Å². The molecule has 0 aliphatic rings. The lowest BCUT2D eigenvalue weighted by molar-refractivity contribution is 0.623. The summed E-state index contributed by atoms with van der Waals surface area (Å²) in [4.78, 5) is 7.23. The van der Waals surface area contributed by atoms with Gasteiger partial charge in [0.15, 0.2) is 5.58 Å². The summed E-state index contributed by atoms with van der Waals surface area (Å²) in [5.74, 6) is 0.636. The third-order valence-corrected chi connectivity index (χ3v) is 10.6. The molecule has 0 N–H and O–H groups in total. The standard InChI is InChI=1S/C45H28N2OS/c1-3-11-30(12-4-1)45-46-39-26-22-29-19-20-31-27-34(23-25-36(31)43(29)44(39)48-45)47(33-13-5-2-6-14-33)40-17-9-7-15-35(40)32-21-24-38-37-16-8-10-18-41(37)49-42(38)28-32/h1-28H. The molecule has 0 unspecified atom stereocenters. The van der Waals surface area contributed by atoms with E-state index in [0.29, 0.717) is 5.89 Å². The molecule has 0 radical (unpaired) electrons. The van der Waals surface area contributed by atoms with Crippen molar-refractivity contribution < 1.29 is 4.42 Å². The van der Waals surface area contributed by atoms with Gasteiger partial charge in [-0.3, -0.25) is 0 Å². The molecule has 3 nitrogen and oxygen atoms in total. The minimum atomic E-state index is 0.636. The van der Waals surface area contributed by atoms with Crippen LogP contribution in [0.5, 0.6) is 0 Å². The molecule has 2 heterocycles. The van der Waals surface area contributed by atoms with E-state index in [0.717, 1.165) is 55.3 Å². The fourth-order valence-electron chi connectivity index (χ4n) is 7.17. The molecule has 0 saturated heterocycles. The van der Waals surface area contributed by atoms with Crippen LogP contribution in [0.3, 0.4) is 0 Å². The highest BCUT2D eigenvalue weighted by Gasteiger charge is 2.19. The summed E-state index contributed by atoms with van der Waals surface area (Å²) in [6, 6.07) is 60.4. The minimum absolute atomic E-state index is 0.636. The molecule has 230 valence electrons. The van der Waals surface area contributed by atoms with Crippen LogP contribution < -0.4 is 4.90 Å². The molecule has 0 amide bonds. The molecule has 0 fully saturated rings. The van der Waals surface area contributed by atoms with Gasteiger partial charge in [0.25, 0.3) is 0 Å².